The lowest BCUT2D eigenvalue weighted by Gasteiger charge is -2.14. The summed E-state index contributed by atoms with van der Waals surface area (Å²) in [5, 5.41) is 28.3. The van der Waals surface area contributed by atoms with Crippen molar-refractivity contribution in [3.05, 3.63) is 87.8 Å². The predicted molar refractivity (Wildman–Crippen MR) is 125 cm³/mol. The largest absolute Gasteiger partial charge is 0.481 e. The molecular weight excluding hydrogens is 438 g/mol. The number of hydrogen-bond donors (Lipinski definition) is 4. The second-order valence-electron chi connectivity index (χ2n) is 7.41. The first-order valence-corrected chi connectivity index (χ1v) is 10.6. The van der Waals surface area contributed by atoms with Crippen molar-refractivity contribution in [3.63, 3.8) is 0 Å². The molecule has 10 nitrogen and oxygen atoms in total. The van der Waals surface area contributed by atoms with E-state index in [1.165, 1.54) is 15.0 Å². The Balaban J connectivity index is 0.000000751. The number of benzene rings is 1. The molecule has 0 saturated heterocycles. The van der Waals surface area contributed by atoms with Crippen molar-refractivity contribution in [3.8, 4) is 0 Å². The average Bonchev–Trinajstić information content (AvgIpc) is 2.82. The summed E-state index contributed by atoms with van der Waals surface area (Å²) >= 11 is 0. The number of nitrogens with one attached hydrogen (secondary N) is 2. The number of pyridine rings is 2. The van der Waals surface area contributed by atoms with Gasteiger partial charge in [-0.05, 0) is 30.2 Å². The summed E-state index contributed by atoms with van der Waals surface area (Å²) in [4.78, 5) is 39.4. The van der Waals surface area contributed by atoms with E-state index in [0.717, 1.165) is 12.5 Å². The number of rotatable bonds is 6. The molecule has 4 N–H and O–H groups in total. The minimum absolute atomic E-state index is 0.0475. The molecule has 0 aliphatic heterocycles. The van der Waals surface area contributed by atoms with Gasteiger partial charge in [0.25, 0.3) is 17.4 Å². The summed E-state index contributed by atoms with van der Waals surface area (Å²) in [5.74, 6) is -1.28. The summed E-state index contributed by atoms with van der Waals surface area (Å²) in [6.07, 6.45) is 1.99. The van der Waals surface area contributed by atoms with Gasteiger partial charge in [0.1, 0.15) is 16.8 Å². The fourth-order valence-corrected chi connectivity index (χ4v) is 3.38. The van der Waals surface area contributed by atoms with Crippen LogP contribution in [0.3, 0.4) is 0 Å². The highest BCUT2D eigenvalue weighted by molar-refractivity contribution is 5.96. The Kier molecular flexibility index (Phi) is 7.88. The molecular formula is C24H25N5O5. The lowest BCUT2D eigenvalue weighted by molar-refractivity contribution is -0.134. The second-order valence-corrected chi connectivity index (χ2v) is 7.41. The summed E-state index contributed by atoms with van der Waals surface area (Å²) in [7, 11) is 0. The van der Waals surface area contributed by atoms with Crippen molar-refractivity contribution in [1.82, 2.24) is 19.3 Å². The monoisotopic (exact) mass is 463 g/mol. The molecule has 0 atom stereocenters. The van der Waals surface area contributed by atoms with Crippen LogP contribution >= 0.6 is 0 Å². The van der Waals surface area contributed by atoms with E-state index in [0.29, 0.717) is 24.3 Å². The van der Waals surface area contributed by atoms with E-state index in [9.17, 15) is 14.7 Å². The number of carboxylic acid groups (broad SMARTS) is 1. The van der Waals surface area contributed by atoms with Crippen molar-refractivity contribution in [2.75, 3.05) is 6.61 Å². The minimum atomic E-state index is -0.833. The average molecular weight is 463 g/mol. The number of fused-ring (bicyclic) bond motifs is 2. The Morgan fingerprint density at radius 3 is 2.47 bits per heavy atom. The number of carbonyl (C=O) groups excluding carboxylic acids is 1. The summed E-state index contributed by atoms with van der Waals surface area (Å²) < 4.78 is 2.92. The number of aryl methyl sites for hydroxylation is 1. The van der Waals surface area contributed by atoms with E-state index >= 15 is 0 Å². The lowest BCUT2D eigenvalue weighted by Crippen LogP contribution is -2.35. The zero-order valence-electron chi connectivity index (χ0n) is 18.6. The Labute approximate surface area is 194 Å². The Hall–Kier alpha value is -4.31. The van der Waals surface area contributed by atoms with Gasteiger partial charge < -0.3 is 20.1 Å². The molecule has 0 radical (unpaired) electrons. The van der Waals surface area contributed by atoms with Crippen molar-refractivity contribution in [1.29, 1.82) is 5.41 Å². The first-order valence-electron chi connectivity index (χ1n) is 10.6. The molecule has 3 heterocycles. The van der Waals surface area contributed by atoms with Crippen molar-refractivity contribution in [2.24, 2.45) is 0 Å². The molecule has 4 aromatic rings. The van der Waals surface area contributed by atoms with Gasteiger partial charge in [-0.2, -0.15) is 0 Å². The lowest BCUT2D eigenvalue weighted by atomic mass is 10.1. The topological polar surface area (TPSA) is 150 Å². The number of carboxylic acids is 1. The third kappa shape index (κ3) is 5.54. The molecule has 4 rings (SSSR count). The van der Waals surface area contributed by atoms with Crippen molar-refractivity contribution in [2.45, 2.75) is 26.4 Å². The maximum absolute atomic E-state index is 13.0. The van der Waals surface area contributed by atoms with Crippen LogP contribution in [-0.4, -0.2) is 42.6 Å². The maximum Gasteiger partial charge on any atom is 0.300 e. The third-order valence-electron chi connectivity index (χ3n) is 4.90. The SMILES string of the molecule is CC(=O)O.N=c1c(C(=O)NCc2ccccc2)cc2c(=O)n3ccccc3nc2n1CCCO. The highest BCUT2D eigenvalue weighted by Gasteiger charge is 2.17. The van der Waals surface area contributed by atoms with Crippen LogP contribution in [0.5, 0.6) is 0 Å². The van der Waals surface area contributed by atoms with Gasteiger partial charge >= 0.3 is 0 Å². The number of aliphatic carboxylic acids is 1. The van der Waals surface area contributed by atoms with Gasteiger partial charge in [-0.25, -0.2) is 4.98 Å². The minimum Gasteiger partial charge on any atom is -0.481 e. The van der Waals surface area contributed by atoms with Crippen LogP contribution in [-0.2, 0) is 17.9 Å². The number of aromatic nitrogens is 3. The van der Waals surface area contributed by atoms with Gasteiger partial charge in [-0.1, -0.05) is 36.4 Å². The molecule has 1 amide bonds. The van der Waals surface area contributed by atoms with E-state index in [1.807, 2.05) is 30.3 Å². The Morgan fingerprint density at radius 1 is 1.12 bits per heavy atom. The number of amides is 1. The molecule has 1 aromatic carbocycles. The summed E-state index contributed by atoms with van der Waals surface area (Å²) in [5.41, 5.74) is 1.43. The number of carbonyl (C=O) groups is 2. The summed E-state index contributed by atoms with van der Waals surface area (Å²) in [6.45, 7) is 1.58. The van der Waals surface area contributed by atoms with Gasteiger partial charge in [-0.3, -0.25) is 24.2 Å². The highest BCUT2D eigenvalue weighted by atomic mass is 16.4. The third-order valence-corrected chi connectivity index (χ3v) is 4.90. The molecule has 0 bridgehead atoms. The molecule has 10 heteroatoms. The first kappa shape index (κ1) is 24.3. The zero-order chi connectivity index (χ0) is 24.7. The van der Waals surface area contributed by atoms with E-state index in [1.54, 1.807) is 24.4 Å². The molecule has 0 spiro atoms. The smallest absolute Gasteiger partial charge is 0.300 e. The van der Waals surface area contributed by atoms with Gasteiger partial charge in [0.15, 0.2) is 0 Å². The van der Waals surface area contributed by atoms with Gasteiger partial charge in [0, 0.05) is 32.8 Å². The molecule has 176 valence electrons. The fourth-order valence-electron chi connectivity index (χ4n) is 3.38. The van der Waals surface area contributed by atoms with Crippen LogP contribution < -0.4 is 16.4 Å². The quantitative estimate of drug-likeness (QED) is 0.319. The van der Waals surface area contributed by atoms with E-state index in [-0.39, 0.29) is 35.1 Å². The second kappa shape index (κ2) is 11.0. The number of aliphatic hydroxyl groups is 1. The summed E-state index contributed by atoms with van der Waals surface area (Å²) in [6, 6.07) is 16.1. The molecule has 0 unspecified atom stereocenters. The number of hydrogen-bond acceptors (Lipinski definition) is 6. The van der Waals surface area contributed by atoms with Crippen molar-refractivity contribution < 1.29 is 19.8 Å². The predicted octanol–water partition coefficient (Wildman–Crippen LogP) is 1.53. The van der Waals surface area contributed by atoms with Crippen molar-refractivity contribution >= 4 is 28.6 Å². The van der Waals surface area contributed by atoms with Gasteiger partial charge in [-0.15, -0.1) is 0 Å². The Bertz CT molecular complexity index is 1440. The van der Waals surface area contributed by atoms with Crippen LogP contribution in [0.4, 0.5) is 0 Å². The molecule has 34 heavy (non-hydrogen) atoms. The standard InChI is InChI=1S/C22H21N5O3.C2H4O2/c23-19-16(21(29)24-14-15-7-2-1-3-8-15)13-17-20(27(19)11-6-12-28)25-18-9-4-5-10-26(18)22(17)30;1-2(3)4/h1-5,7-10,13,23,28H,6,11-12,14H2,(H,24,29);1H3,(H,3,4). The fraction of sp³-hybridized carbons (Fsp3) is 0.208. The van der Waals surface area contributed by atoms with Crippen LogP contribution in [0.25, 0.3) is 16.7 Å². The van der Waals surface area contributed by atoms with Crippen LogP contribution in [0.2, 0.25) is 0 Å². The van der Waals surface area contributed by atoms with Crippen LogP contribution in [0, 0.1) is 5.41 Å². The first-order chi connectivity index (χ1) is 16.3. The molecule has 3 aromatic heterocycles. The normalized spacial score (nSPS) is 10.5. The zero-order valence-corrected chi connectivity index (χ0v) is 18.6. The molecule has 0 aliphatic rings. The Morgan fingerprint density at radius 2 is 1.79 bits per heavy atom. The highest BCUT2D eigenvalue weighted by Crippen LogP contribution is 2.11. The molecule has 0 fully saturated rings. The van der Waals surface area contributed by atoms with Crippen LogP contribution in [0.1, 0.15) is 29.3 Å². The van der Waals surface area contributed by atoms with Gasteiger partial charge in [0.2, 0.25) is 0 Å². The maximum atomic E-state index is 13.0. The van der Waals surface area contributed by atoms with Crippen LogP contribution in [0.15, 0.2) is 65.6 Å². The van der Waals surface area contributed by atoms with E-state index in [2.05, 4.69) is 10.3 Å². The van der Waals surface area contributed by atoms with E-state index in [4.69, 9.17) is 15.3 Å². The number of nitrogens with zero attached hydrogens (tertiary/aromatic N) is 3. The molecule has 0 saturated carbocycles. The number of aliphatic hydroxyl groups excluding tert-OH is 1. The van der Waals surface area contributed by atoms with E-state index < -0.39 is 11.9 Å². The molecule has 0 aliphatic carbocycles. The van der Waals surface area contributed by atoms with Gasteiger partial charge in [0.05, 0.1) is 10.9 Å².